The number of amides is 1. The largest absolute Gasteiger partial charge is 0.444 e. The molecule has 1 heterocycles. The van der Waals surface area contributed by atoms with Gasteiger partial charge in [0.1, 0.15) is 17.2 Å². The molecule has 7 heteroatoms. The topological polar surface area (TPSA) is 93.9 Å². The van der Waals surface area contributed by atoms with E-state index in [9.17, 15) is 4.79 Å². The normalized spacial score (nSPS) is 10.4. The van der Waals surface area contributed by atoms with Gasteiger partial charge in [-0.05, 0) is 27.7 Å². The maximum atomic E-state index is 10.0. The summed E-state index contributed by atoms with van der Waals surface area (Å²) in [5.41, 5.74) is 4.26. The van der Waals surface area contributed by atoms with Crippen molar-refractivity contribution in [2.75, 3.05) is 4.43 Å². The fourth-order valence-electron chi connectivity index (χ4n) is 0.898. The lowest BCUT2D eigenvalue weighted by Crippen LogP contribution is -2.27. The number of carbonyl (C=O) groups excluding carboxylic acids is 1. The second kappa shape index (κ2) is 7.46. The first-order valence-corrected chi connectivity index (χ1v) is 6.69. The van der Waals surface area contributed by atoms with Crippen LogP contribution in [0, 0.1) is 6.92 Å². The highest BCUT2D eigenvalue weighted by Crippen LogP contribution is 2.04. The predicted octanol–water partition coefficient (Wildman–Crippen LogP) is 1.97. The molecule has 3 N–H and O–H groups in total. The van der Waals surface area contributed by atoms with Crippen LogP contribution in [0.5, 0.6) is 0 Å². The van der Waals surface area contributed by atoms with Gasteiger partial charge < -0.3 is 15.5 Å². The Morgan fingerprint density at radius 2 is 2.06 bits per heavy atom. The Balaban J connectivity index is 0.000000304. The van der Waals surface area contributed by atoms with E-state index in [-0.39, 0.29) is 0 Å². The fraction of sp³-hybridized carbons (Fsp3) is 0.700. The van der Waals surface area contributed by atoms with Gasteiger partial charge in [0.2, 0.25) is 0 Å². The summed E-state index contributed by atoms with van der Waals surface area (Å²) in [6, 6.07) is 0. The number of hydrogen-bond donors (Lipinski definition) is 2. The van der Waals surface area contributed by atoms with Crippen LogP contribution in [-0.4, -0.2) is 31.3 Å². The van der Waals surface area contributed by atoms with Crippen molar-refractivity contribution in [3.8, 4) is 0 Å². The van der Waals surface area contributed by atoms with Gasteiger partial charge >= 0.3 is 6.09 Å². The smallest absolute Gasteiger partial charge is 0.405 e. The van der Waals surface area contributed by atoms with Gasteiger partial charge in [0.05, 0.1) is 0 Å². The van der Waals surface area contributed by atoms with E-state index in [0.717, 1.165) is 22.5 Å². The van der Waals surface area contributed by atoms with E-state index >= 15 is 0 Å². The molecule has 0 fully saturated rings. The Morgan fingerprint density at radius 1 is 1.47 bits per heavy atom. The number of carbonyl (C=O) groups is 1. The second-order valence-electron chi connectivity index (χ2n) is 4.33. The number of primary amides is 1. The number of alkyl halides is 1. The molecule has 0 aliphatic carbocycles. The molecule has 0 aromatic carbocycles. The van der Waals surface area contributed by atoms with Crippen LogP contribution >= 0.6 is 22.6 Å². The molecule has 0 unspecified atom stereocenters. The van der Waals surface area contributed by atoms with E-state index in [1.807, 2.05) is 6.92 Å². The summed E-state index contributed by atoms with van der Waals surface area (Å²) in [6.07, 6.45) is 0.263. The van der Waals surface area contributed by atoms with Crippen molar-refractivity contribution >= 4 is 28.7 Å². The highest BCUT2D eigenvalue weighted by molar-refractivity contribution is 14.1. The van der Waals surface area contributed by atoms with Crippen molar-refractivity contribution in [2.45, 2.75) is 39.7 Å². The maximum Gasteiger partial charge on any atom is 0.405 e. The van der Waals surface area contributed by atoms with E-state index in [2.05, 4.69) is 42.5 Å². The van der Waals surface area contributed by atoms with Crippen LogP contribution in [0.1, 0.15) is 32.4 Å². The molecule has 1 rings (SSSR count). The van der Waals surface area contributed by atoms with Crippen molar-refractivity contribution < 1.29 is 9.53 Å². The van der Waals surface area contributed by atoms with E-state index < -0.39 is 11.7 Å². The van der Waals surface area contributed by atoms with Crippen LogP contribution in [0.15, 0.2) is 0 Å². The summed E-state index contributed by atoms with van der Waals surface area (Å²) >= 11 is 2.31. The lowest BCUT2D eigenvalue weighted by atomic mass is 10.2. The number of nitrogens with two attached hydrogens (primary N) is 1. The first-order valence-electron chi connectivity index (χ1n) is 5.17. The van der Waals surface area contributed by atoms with Gasteiger partial charge in [0.15, 0.2) is 0 Å². The number of nitrogens with one attached hydrogen (secondary N) is 1. The molecule has 98 valence electrons. The molecule has 0 saturated carbocycles. The van der Waals surface area contributed by atoms with Crippen LogP contribution in [0.4, 0.5) is 4.79 Å². The van der Waals surface area contributed by atoms with Crippen molar-refractivity contribution in [2.24, 2.45) is 5.73 Å². The average molecular weight is 354 g/mol. The number of aromatic amines is 1. The van der Waals surface area contributed by atoms with Gasteiger partial charge in [0, 0.05) is 10.8 Å². The lowest BCUT2D eigenvalue weighted by molar-refractivity contribution is 0.0600. The Morgan fingerprint density at radius 3 is 2.29 bits per heavy atom. The summed E-state index contributed by atoms with van der Waals surface area (Å²) < 4.78 is 5.67. The van der Waals surface area contributed by atoms with Crippen molar-refractivity contribution in [1.29, 1.82) is 0 Å². The second-order valence-corrected chi connectivity index (χ2v) is 5.41. The first kappa shape index (κ1) is 16.1. The Hall–Kier alpha value is -0.860. The number of ether oxygens (including phenoxy) is 1. The predicted molar refractivity (Wildman–Crippen MR) is 74.1 cm³/mol. The zero-order valence-corrected chi connectivity index (χ0v) is 12.7. The zero-order chi connectivity index (χ0) is 13.5. The van der Waals surface area contributed by atoms with E-state index in [1.54, 1.807) is 20.8 Å². The number of rotatable bonds is 2. The average Bonchev–Trinajstić information content (AvgIpc) is 2.48. The summed E-state index contributed by atoms with van der Waals surface area (Å²) in [4.78, 5) is 13.1. The minimum atomic E-state index is -0.725. The van der Waals surface area contributed by atoms with Gasteiger partial charge in [-0.3, -0.25) is 0 Å². The third-order valence-electron chi connectivity index (χ3n) is 1.38. The standard InChI is InChI=1S/C5H8IN3.C5H11NO2/c1-4-7-5(2-3-6)9-8-4;1-5(2,3)8-4(6)7/h2-3H2,1H3,(H,7,8,9);1-3H3,(H2,6,7). The molecule has 1 aromatic rings. The molecule has 1 amide bonds. The summed E-state index contributed by atoms with van der Waals surface area (Å²) in [6.45, 7) is 7.19. The molecule has 0 radical (unpaired) electrons. The van der Waals surface area contributed by atoms with E-state index in [0.29, 0.717) is 0 Å². The molecular formula is C10H19IN4O2. The van der Waals surface area contributed by atoms with Gasteiger partial charge in [-0.2, -0.15) is 0 Å². The molecule has 1 aromatic heterocycles. The van der Waals surface area contributed by atoms with Gasteiger partial charge in [-0.15, -0.1) is 10.2 Å². The Bertz CT molecular complexity index is 346. The maximum absolute atomic E-state index is 10.0. The quantitative estimate of drug-likeness (QED) is 0.627. The number of nitrogens with zero attached hydrogens (tertiary/aromatic N) is 2. The van der Waals surface area contributed by atoms with Crippen molar-refractivity contribution in [3.63, 3.8) is 0 Å². The number of hydrogen-bond acceptors (Lipinski definition) is 4. The van der Waals surface area contributed by atoms with E-state index in [4.69, 9.17) is 5.73 Å². The highest BCUT2D eigenvalue weighted by Gasteiger charge is 2.12. The summed E-state index contributed by atoms with van der Waals surface area (Å²) in [7, 11) is 0. The van der Waals surface area contributed by atoms with Gasteiger partial charge in [0.25, 0.3) is 0 Å². The number of halogens is 1. The number of aromatic nitrogens is 3. The van der Waals surface area contributed by atoms with Gasteiger partial charge in [-0.1, -0.05) is 22.6 Å². The summed E-state index contributed by atoms with van der Waals surface area (Å²) in [5, 5.41) is 7.72. The highest BCUT2D eigenvalue weighted by atomic mass is 127. The Labute approximate surface area is 115 Å². The monoisotopic (exact) mass is 354 g/mol. The zero-order valence-electron chi connectivity index (χ0n) is 10.6. The first-order chi connectivity index (χ1) is 7.74. The van der Waals surface area contributed by atoms with E-state index in [1.165, 1.54) is 0 Å². The number of H-pyrrole nitrogens is 1. The van der Waals surface area contributed by atoms with Crippen LogP contribution in [-0.2, 0) is 11.2 Å². The SMILES string of the molecule is CC(C)(C)OC(N)=O.Cc1nnc(CCI)[nH]1. The third kappa shape index (κ3) is 10.0. The van der Waals surface area contributed by atoms with Crippen LogP contribution in [0.2, 0.25) is 0 Å². The van der Waals surface area contributed by atoms with Crippen molar-refractivity contribution in [3.05, 3.63) is 11.6 Å². The molecule has 17 heavy (non-hydrogen) atoms. The number of aryl methyl sites for hydroxylation is 2. The minimum Gasteiger partial charge on any atom is -0.444 e. The molecule has 0 spiro atoms. The third-order valence-corrected chi connectivity index (χ3v) is 1.92. The molecular weight excluding hydrogens is 335 g/mol. The fourth-order valence-corrected chi connectivity index (χ4v) is 1.41. The Kier molecular flexibility index (Phi) is 7.09. The molecule has 0 atom stereocenters. The lowest BCUT2D eigenvalue weighted by Gasteiger charge is -2.16. The molecule has 0 bridgehead atoms. The van der Waals surface area contributed by atoms with Crippen LogP contribution in [0.3, 0.4) is 0 Å². The minimum absolute atomic E-state index is 0.453. The molecule has 0 aliphatic heterocycles. The van der Waals surface area contributed by atoms with Crippen LogP contribution < -0.4 is 5.73 Å². The van der Waals surface area contributed by atoms with Crippen molar-refractivity contribution in [1.82, 2.24) is 15.2 Å². The van der Waals surface area contributed by atoms with Gasteiger partial charge in [-0.25, -0.2) is 4.79 Å². The molecule has 0 aliphatic rings. The molecule has 0 saturated heterocycles. The summed E-state index contributed by atoms with van der Waals surface area (Å²) in [5.74, 6) is 1.89. The molecule has 6 nitrogen and oxygen atoms in total. The van der Waals surface area contributed by atoms with Crippen LogP contribution in [0.25, 0.3) is 0 Å².